The Morgan fingerprint density at radius 1 is 1.41 bits per heavy atom. The molecule has 0 bridgehead atoms. The first-order chi connectivity index (χ1) is 7.75. The minimum atomic E-state index is -4.12. The number of carboxylic acid groups (broad SMARTS) is 1. The van der Waals surface area contributed by atoms with Crippen LogP contribution < -0.4 is 5.32 Å². The zero-order chi connectivity index (χ0) is 13.2. The van der Waals surface area contributed by atoms with Crippen molar-refractivity contribution in [3.05, 3.63) is 28.8 Å². The van der Waals surface area contributed by atoms with E-state index in [0.29, 0.717) is 0 Å². The molecule has 0 atom stereocenters. The van der Waals surface area contributed by atoms with Crippen molar-refractivity contribution < 1.29 is 23.5 Å². The Hall–Kier alpha value is -1.69. The van der Waals surface area contributed by atoms with Gasteiger partial charge in [0.15, 0.2) is 0 Å². The molecule has 7 heteroatoms. The summed E-state index contributed by atoms with van der Waals surface area (Å²) in [6.45, 7) is 1.12. The number of anilines is 1. The number of hydrogen-bond acceptors (Lipinski definition) is 2. The summed E-state index contributed by atoms with van der Waals surface area (Å²) in [6, 6.07) is 3.20. The van der Waals surface area contributed by atoms with E-state index < -0.39 is 23.4 Å². The smallest absolute Gasteiger partial charge is 0.379 e. The highest BCUT2D eigenvalue weighted by Gasteiger charge is 2.43. The largest absolute Gasteiger partial charge is 0.477 e. The molecule has 0 aliphatic rings. The van der Waals surface area contributed by atoms with Crippen molar-refractivity contribution >= 4 is 29.2 Å². The Morgan fingerprint density at radius 2 is 2.00 bits per heavy atom. The molecule has 0 spiro atoms. The average Bonchev–Trinajstić information content (AvgIpc) is 2.19. The molecule has 0 radical (unpaired) electrons. The van der Waals surface area contributed by atoms with Crippen LogP contribution in [0.25, 0.3) is 0 Å². The Bertz CT molecular complexity index is 477. The van der Waals surface area contributed by atoms with Crippen LogP contribution >= 0.6 is 11.6 Å². The van der Waals surface area contributed by atoms with E-state index in [0.717, 1.165) is 19.1 Å². The van der Waals surface area contributed by atoms with Crippen LogP contribution in [0.4, 0.5) is 14.5 Å². The minimum absolute atomic E-state index is 0.0463. The third-order valence-electron chi connectivity index (χ3n) is 1.90. The molecule has 1 rings (SSSR count). The lowest BCUT2D eigenvalue weighted by Gasteiger charge is -2.16. The van der Waals surface area contributed by atoms with Crippen LogP contribution in [0.3, 0.4) is 0 Å². The monoisotopic (exact) mass is 263 g/mol. The van der Waals surface area contributed by atoms with Gasteiger partial charge in [-0.25, -0.2) is 4.79 Å². The minimum Gasteiger partial charge on any atom is -0.477 e. The standard InChI is InChI=1S/C10H8ClF2NO3/c1-5(15)14-8-3-2-6(11)4-7(8)10(12,13)9(16)17/h2-4H,1H3,(H,14,15)(H,16,17). The molecular weight excluding hydrogens is 256 g/mol. The van der Waals surface area contributed by atoms with Crippen molar-refractivity contribution in [3.8, 4) is 0 Å². The number of carbonyl (C=O) groups is 2. The van der Waals surface area contributed by atoms with Crippen LogP contribution in [0.2, 0.25) is 5.02 Å². The second-order valence-corrected chi connectivity index (χ2v) is 3.69. The molecule has 0 fully saturated rings. The lowest BCUT2D eigenvalue weighted by molar-refractivity contribution is -0.166. The Labute approximate surface area is 100 Å². The van der Waals surface area contributed by atoms with E-state index in [1.54, 1.807) is 0 Å². The zero-order valence-electron chi connectivity index (χ0n) is 8.63. The molecule has 0 aliphatic carbocycles. The molecule has 0 heterocycles. The molecule has 1 aromatic rings. The molecule has 17 heavy (non-hydrogen) atoms. The van der Waals surface area contributed by atoms with Crippen molar-refractivity contribution in [1.29, 1.82) is 0 Å². The van der Waals surface area contributed by atoms with E-state index in [4.69, 9.17) is 16.7 Å². The van der Waals surface area contributed by atoms with Gasteiger partial charge >= 0.3 is 11.9 Å². The highest BCUT2D eigenvalue weighted by molar-refractivity contribution is 6.30. The molecule has 1 aromatic carbocycles. The normalized spacial score (nSPS) is 11.1. The first kappa shape index (κ1) is 13.4. The maximum absolute atomic E-state index is 13.4. The molecule has 0 unspecified atom stereocenters. The molecule has 2 N–H and O–H groups in total. The van der Waals surface area contributed by atoms with Crippen LogP contribution in [0.15, 0.2) is 18.2 Å². The van der Waals surface area contributed by atoms with Crippen LogP contribution in [0.5, 0.6) is 0 Å². The summed E-state index contributed by atoms with van der Waals surface area (Å²) in [6.07, 6.45) is 0. The highest BCUT2D eigenvalue weighted by Crippen LogP contribution is 2.35. The third-order valence-corrected chi connectivity index (χ3v) is 2.13. The van der Waals surface area contributed by atoms with E-state index in [2.05, 4.69) is 5.32 Å². The van der Waals surface area contributed by atoms with Crippen LogP contribution in [0.1, 0.15) is 12.5 Å². The summed E-state index contributed by atoms with van der Waals surface area (Å²) < 4.78 is 26.7. The number of alkyl halides is 2. The fourth-order valence-electron chi connectivity index (χ4n) is 1.19. The van der Waals surface area contributed by atoms with Crippen LogP contribution in [-0.2, 0) is 15.5 Å². The molecule has 4 nitrogen and oxygen atoms in total. The quantitative estimate of drug-likeness (QED) is 0.880. The molecule has 0 saturated heterocycles. The predicted molar refractivity (Wildman–Crippen MR) is 57.3 cm³/mol. The van der Waals surface area contributed by atoms with Crippen LogP contribution in [0, 0.1) is 0 Å². The highest BCUT2D eigenvalue weighted by atomic mass is 35.5. The lowest BCUT2D eigenvalue weighted by Crippen LogP contribution is -2.27. The van der Waals surface area contributed by atoms with Gasteiger partial charge in [-0.2, -0.15) is 8.78 Å². The summed E-state index contributed by atoms with van der Waals surface area (Å²) in [5.74, 6) is -7.02. The number of carbonyl (C=O) groups excluding carboxylic acids is 1. The van der Waals surface area contributed by atoms with Gasteiger partial charge in [0.25, 0.3) is 0 Å². The number of halogens is 3. The van der Waals surface area contributed by atoms with E-state index in [1.165, 1.54) is 6.07 Å². The number of nitrogens with one attached hydrogen (secondary N) is 1. The number of benzene rings is 1. The van der Waals surface area contributed by atoms with Gasteiger partial charge in [0.1, 0.15) is 0 Å². The van der Waals surface area contributed by atoms with Gasteiger partial charge in [-0.05, 0) is 18.2 Å². The van der Waals surface area contributed by atoms with Crippen molar-refractivity contribution in [1.82, 2.24) is 0 Å². The molecular formula is C10H8ClF2NO3. The second-order valence-electron chi connectivity index (χ2n) is 3.25. The lowest BCUT2D eigenvalue weighted by atomic mass is 10.1. The van der Waals surface area contributed by atoms with E-state index in [-0.39, 0.29) is 10.7 Å². The van der Waals surface area contributed by atoms with Crippen molar-refractivity contribution in [2.24, 2.45) is 0 Å². The van der Waals surface area contributed by atoms with Gasteiger partial charge in [0.2, 0.25) is 5.91 Å². The van der Waals surface area contributed by atoms with E-state index in [1.807, 2.05) is 0 Å². The average molecular weight is 264 g/mol. The summed E-state index contributed by atoms with van der Waals surface area (Å²) in [4.78, 5) is 21.3. The zero-order valence-corrected chi connectivity index (χ0v) is 9.39. The van der Waals surface area contributed by atoms with Crippen molar-refractivity contribution in [3.63, 3.8) is 0 Å². The van der Waals surface area contributed by atoms with Gasteiger partial charge in [-0.15, -0.1) is 0 Å². The third kappa shape index (κ3) is 2.91. The van der Waals surface area contributed by atoms with Gasteiger partial charge in [0.05, 0.1) is 11.3 Å². The van der Waals surface area contributed by atoms with Crippen molar-refractivity contribution in [2.45, 2.75) is 12.8 Å². The fourth-order valence-corrected chi connectivity index (χ4v) is 1.36. The number of aliphatic carboxylic acids is 1. The van der Waals surface area contributed by atoms with Gasteiger partial charge in [-0.3, -0.25) is 4.79 Å². The topological polar surface area (TPSA) is 66.4 Å². The van der Waals surface area contributed by atoms with Gasteiger partial charge in [-0.1, -0.05) is 11.6 Å². The SMILES string of the molecule is CC(=O)Nc1ccc(Cl)cc1C(F)(F)C(=O)O. The maximum Gasteiger partial charge on any atom is 0.379 e. The Kier molecular flexibility index (Phi) is 3.67. The Morgan fingerprint density at radius 3 is 2.47 bits per heavy atom. The summed E-state index contributed by atoms with van der Waals surface area (Å²) in [5.41, 5.74) is -1.14. The van der Waals surface area contributed by atoms with Gasteiger partial charge < -0.3 is 10.4 Å². The predicted octanol–water partition coefficient (Wildman–Crippen LogP) is 2.47. The summed E-state index contributed by atoms with van der Waals surface area (Å²) in [5, 5.41) is 10.5. The summed E-state index contributed by atoms with van der Waals surface area (Å²) in [7, 11) is 0. The number of amides is 1. The number of hydrogen-bond donors (Lipinski definition) is 2. The molecule has 0 saturated carbocycles. The number of rotatable bonds is 3. The first-order valence-electron chi connectivity index (χ1n) is 4.44. The second kappa shape index (κ2) is 4.67. The summed E-state index contributed by atoms with van der Waals surface area (Å²) >= 11 is 5.53. The van der Waals surface area contributed by atoms with Gasteiger partial charge in [0, 0.05) is 11.9 Å². The van der Waals surface area contributed by atoms with Crippen LogP contribution in [-0.4, -0.2) is 17.0 Å². The fraction of sp³-hybridized carbons (Fsp3) is 0.200. The van der Waals surface area contributed by atoms with Crippen molar-refractivity contribution in [2.75, 3.05) is 5.32 Å². The van der Waals surface area contributed by atoms with E-state index >= 15 is 0 Å². The Balaban J connectivity index is 3.33. The molecule has 1 amide bonds. The number of carboxylic acids is 1. The molecule has 0 aromatic heterocycles. The maximum atomic E-state index is 13.4. The first-order valence-corrected chi connectivity index (χ1v) is 4.81. The van der Waals surface area contributed by atoms with E-state index in [9.17, 15) is 18.4 Å². The molecule has 92 valence electrons. The molecule has 0 aliphatic heterocycles.